The fourth-order valence-corrected chi connectivity index (χ4v) is 3.17. The molecule has 1 aliphatic rings. The number of carbonyl (C=O) groups excluding carboxylic acids is 1. The highest BCUT2D eigenvalue weighted by atomic mass is 16.5. The van der Waals surface area contributed by atoms with E-state index in [-0.39, 0.29) is 5.78 Å². The van der Waals surface area contributed by atoms with E-state index in [1.165, 1.54) is 12.8 Å². The van der Waals surface area contributed by atoms with Gasteiger partial charge in [-0.25, -0.2) is 0 Å². The molecule has 0 aromatic heterocycles. The predicted molar refractivity (Wildman–Crippen MR) is 97.7 cm³/mol. The zero-order chi connectivity index (χ0) is 16.8. The van der Waals surface area contributed by atoms with Gasteiger partial charge in [-0.05, 0) is 56.1 Å². The molecule has 3 nitrogen and oxygen atoms in total. The van der Waals surface area contributed by atoms with E-state index in [2.05, 4.69) is 17.0 Å². The van der Waals surface area contributed by atoms with Crippen molar-refractivity contribution in [2.75, 3.05) is 26.2 Å². The zero-order valence-electron chi connectivity index (χ0n) is 14.3. The molecule has 0 atom stereocenters. The lowest BCUT2D eigenvalue weighted by atomic mass is 10.0. The van der Waals surface area contributed by atoms with Gasteiger partial charge in [0.15, 0.2) is 5.78 Å². The van der Waals surface area contributed by atoms with Gasteiger partial charge < -0.3 is 9.64 Å². The summed E-state index contributed by atoms with van der Waals surface area (Å²) in [7, 11) is 0. The van der Waals surface area contributed by atoms with Crippen molar-refractivity contribution in [3.8, 4) is 16.9 Å². The van der Waals surface area contributed by atoms with Crippen molar-refractivity contribution in [3.63, 3.8) is 0 Å². The predicted octanol–water partition coefficient (Wildman–Crippen LogP) is 4.42. The smallest absolute Gasteiger partial charge is 0.164 e. The van der Waals surface area contributed by atoms with Crippen LogP contribution >= 0.6 is 0 Å². The van der Waals surface area contributed by atoms with E-state index in [4.69, 9.17) is 4.74 Å². The lowest BCUT2D eigenvalue weighted by Crippen LogP contribution is -2.22. The van der Waals surface area contributed by atoms with Crippen molar-refractivity contribution in [1.29, 1.82) is 0 Å². The Morgan fingerprint density at radius 3 is 2.12 bits per heavy atom. The van der Waals surface area contributed by atoms with Gasteiger partial charge >= 0.3 is 0 Å². The number of benzene rings is 2. The summed E-state index contributed by atoms with van der Waals surface area (Å²) in [6, 6.07) is 16.0. The standard InChI is InChI=1S/C21H25NO2/c1-2-24-20-11-9-18(10-12-20)17-5-7-19(8-6-17)21(23)13-16-22-14-3-4-15-22/h5-12H,2-4,13-16H2,1H3. The molecule has 0 aliphatic carbocycles. The fraction of sp³-hybridized carbons (Fsp3) is 0.381. The maximum absolute atomic E-state index is 12.3. The van der Waals surface area contributed by atoms with Crippen LogP contribution in [0.25, 0.3) is 11.1 Å². The summed E-state index contributed by atoms with van der Waals surface area (Å²) >= 11 is 0. The van der Waals surface area contributed by atoms with Crippen LogP contribution in [0.3, 0.4) is 0 Å². The minimum atomic E-state index is 0.236. The molecule has 0 saturated carbocycles. The van der Waals surface area contributed by atoms with Gasteiger partial charge in [0.25, 0.3) is 0 Å². The first-order valence-corrected chi connectivity index (χ1v) is 8.85. The molecule has 126 valence electrons. The second-order valence-electron chi connectivity index (χ2n) is 6.26. The highest BCUT2D eigenvalue weighted by Gasteiger charge is 2.13. The quantitative estimate of drug-likeness (QED) is 0.706. The maximum atomic E-state index is 12.3. The number of ether oxygens (including phenoxy) is 1. The van der Waals surface area contributed by atoms with Gasteiger partial charge in [-0.2, -0.15) is 0 Å². The molecule has 3 rings (SSSR count). The second kappa shape index (κ2) is 8.11. The van der Waals surface area contributed by atoms with Crippen LogP contribution in [-0.2, 0) is 0 Å². The Kier molecular flexibility index (Phi) is 5.65. The third kappa shape index (κ3) is 4.24. The number of ketones is 1. The number of rotatable bonds is 7. The monoisotopic (exact) mass is 323 g/mol. The molecular weight excluding hydrogens is 298 g/mol. The van der Waals surface area contributed by atoms with E-state index < -0.39 is 0 Å². The molecule has 0 radical (unpaired) electrons. The van der Waals surface area contributed by atoms with Crippen molar-refractivity contribution in [1.82, 2.24) is 4.90 Å². The van der Waals surface area contributed by atoms with Gasteiger partial charge in [0.05, 0.1) is 6.61 Å². The second-order valence-corrected chi connectivity index (χ2v) is 6.26. The van der Waals surface area contributed by atoms with Gasteiger partial charge in [0.2, 0.25) is 0 Å². The van der Waals surface area contributed by atoms with E-state index >= 15 is 0 Å². The van der Waals surface area contributed by atoms with Crippen molar-refractivity contribution < 1.29 is 9.53 Å². The first-order chi connectivity index (χ1) is 11.8. The van der Waals surface area contributed by atoms with Crippen LogP contribution in [0.4, 0.5) is 0 Å². The molecule has 1 saturated heterocycles. The molecule has 1 heterocycles. The average molecular weight is 323 g/mol. The molecular formula is C21H25NO2. The topological polar surface area (TPSA) is 29.5 Å². The summed E-state index contributed by atoms with van der Waals surface area (Å²) in [4.78, 5) is 14.7. The maximum Gasteiger partial charge on any atom is 0.164 e. The third-order valence-corrected chi connectivity index (χ3v) is 4.56. The lowest BCUT2D eigenvalue weighted by molar-refractivity contribution is 0.0969. The van der Waals surface area contributed by atoms with Crippen molar-refractivity contribution in [2.24, 2.45) is 0 Å². The van der Waals surface area contributed by atoms with Crippen LogP contribution in [-0.4, -0.2) is 36.9 Å². The van der Waals surface area contributed by atoms with E-state index in [0.717, 1.165) is 42.1 Å². The summed E-state index contributed by atoms with van der Waals surface area (Å²) in [5.41, 5.74) is 3.06. The molecule has 1 aliphatic heterocycles. The zero-order valence-corrected chi connectivity index (χ0v) is 14.3. The van der Waals surface area contributed by atoms with E-state index in [1.807, 2.05) is 43.3 Å². The Morgan fingerprint density at radius 2 is 1.54 bits per heavy atom. The first-order valence-electron chi connectivity index (χ1n) is 8.85. The number of nitrogens with zero attached hydrogens (tertiary/aromatic N) is 1. The van der Waals surface area contributed by atoms with Gasteiger partial charge in [0, 0.05) is 18.5 Å². The summed E-state index contributed by atoms with van der Waals surface area (Å²) in [5, 5.41) is 0. The summed E-state index contributed by atoms with van der Waals surface area (Å²) < 4.78 is 5.47. The van der Waals surface area contributed by atoms with Gasteiger partial charge in [-0.1, -0.05) is 36.4 Å². The van der Waals surface area contributed by atoms with E-state index in [1.54, 1.807) is 0 Å². The molecule has 3 heteroatoms. The Hall–Kier alpha value is -2.13. The summed E-state index contributed by atoms with van der Waals surface area (Å²) in [5.74, 6) is 1.12. The molecule has 2 aromatic rings. The van der Waals surface area contributed by atoms with Crippen molar-refractivity contribution >= 4 is 5.78 Å². The van der Waals surface area contributed by atoms with Crippen molar-refractivity contribution in [3.05, 3.63) is 54.1 Å². The Morgan fingerprint density at radius 1 is 0.958 bits per heavy atom. The average Bonchev–Trinajstić information content (AvgIpc) is 3.14. The molecule has 2 aromatic carbocycles. The fourth-order valence-electron chi connectivity index (χ4n) is 3.17. The number of likely N-dealkylation sites (tertiary alicyclic amines) is 1. The molecule has 0 unspecified atom stereocenters. The molecule has 24 heavy (non-hydrogen) atoms. The Bertz CT molecular complexity index is 655. The summed E-state index contributed by atoms with van der Waals surface area (Å²) in [6.07, 6.45) is 3.15. The highest BCUT2D eigenvalue weighted by molar-refractivity contribution is 5.96. The molecule has 0 bridgehead atoms. The van der Waals surface area contributed by atoms with Crippen LogP contribution in [0.15, 0.2) is 48.5 Å². The van der Waals surface area contributed by atoms with Crippen LogP contribution in [0.2, 0.25) is 0 Å². The third-order valence-electron chi connectivity index (χ3n) is 4.56. The van der Waals surface area contributed by atoms with Crippen LogP contribution < -0.4 is 4.74 Å². The SMILES string of the molecule is CCOc1ccc(-c2ccc(C(=O)CCN3CCCC3)cc2)cc1. The minimum Gasteiger partial charge on any atom is -0.494 e. The van der Waals surface area contributed by atoms with Gasteiger partial charge in [-0.15, -0.1) is 0 Å². The largest absolute Gasteiger partial charge is 0.494 e. The number of Topliss-reactive ketones (excluding diaryl/α,β-unsaturated/α-hetero) is 1. The normalized spacial score (nSPS) is 14.7. The van der Waals surface area contributed by atoms with E-state index in [9.17, 15) is 4.79 Å². The molecule has 1 fully saturated rings. The van der Waals surface area contributed by atoms with Crippen LogP contribution in [0, 0.1) is 0 Å². The number of hydrogen-bond acceptors (Lipinski definition) is 3. The Labute approximate surface area is 144 Å². The highest BCUT2D eigenvalue weighted by Crippen LogP contribution is 2.23. The van der Waals surface area contributed by atoms with Crippen molar-refractivity contribution in [2.45, 2.75) is 26.2 Å². The van der Waals surface area contributed by atoms with Gasteiger partial charge in [0.1, 0.15) is 5.75 Å². The van der Waals surface area contributed by atoms with E-state index in [0.29, 0.717) is 13.0 Å². The summed E-state index contributed by atoms with van der Waals surface area (Å²) in [6.45, 7) is 5.83. The molecule has 0 amide bonds. The Balaban J connectivity index is 1.60. The van der Waals surface area contributed by atoms with Crippen LogP contribution in [0.5, 0.6) is 5.75 Å². The number of hydrogen-bond donors (Lipinski definition) is 0. The molecule has 0 spiro atoms. The lowest BCUT2D eigenvalue weighted by Gasteiger charge is -2.13. The number of carbonyl (C=O) groups is 1. The van der Waals surface area contributed by atoms with Crippen LogP contribution in [0.1, 0.15) is 36.5 Å². The van der Waals surface area contributed by atoms with Gasteiger partial charge in [-0.3, -0.25) is 4.79 Å². The molecule has 0 N–H and O–H groups in total. The first kappa shape index (κ1) is 16.7. The minimum absolute atomic E-state index is 0.236.